The van der Waals surface area contributed by atoms with Crippen LogP contribution in [0.4, 0.5) is 13.2 Å². The number of alkyl halides is 3. The van der Waals surface area contributed by atoms with Gasteiger partial charge in [0.1, 0.15) is 0 Å². The Morgan fingerprint density at radius 1 is 1.35 bits per heavy atom. The molecule has 23 heavy (non-hydrogen) atoms. The largest absolute Gasteiger partial charge is 0.417 e. The number of amides is 1. The quantitative estimate of drug-likeness (QED) is 0.748. The van der Waals surface area contributed by atoms with Crippen molar-refractivity contribution >= 4 is 29.3 Å². The highest BCUT2D eigenvalue weighted by molar-refractivity contribution is 8.00. The van der Waals surface area contributed by atoms with E-state index in [1.807, 2.05) is 0 Å². The molecule has 2 atom stereocenters. The van der Waals surface area contributed by atoms with E-state index in [-0.39, 0.29) is 22.7 Å². The molecule has 1 aliphatic carbocycles. The topological polar surface area (TPSA) is 29.1 Å². The van der Waals surface area contributed by atoms with Crippen molar-refractivity contribution in [3.05, 3.63) is 28.8 Å². The van der Waals surface area contributed by atoms with Crippen molar-refractivity contribution in [2.45, 2.75) is 49.7 Å². The molecule has 1 amide bonds. The van der Waals surface area contributed by atoms with Gasteiger partial charge in [0.2, 0.25) is 5.91 Å². The van der Waals surface area contributed by atoms with E-state index in [9.17, 15) is 18.0 Å². The van der Waals surface area contributed by atoms with Crippen molar-refractivity contribution in [2.75, 3.05) is 5.75 Å². The van der Waals surface area contributed by atoms with E-state index in [1.165, 1.54) is 18.6 Å². The molecule has 7 heteroatoms. The molecule has 1 saturated carbocycles. The van der Waals surface area contributed by atoms with E-state index in [1.54, 1.807) is 0 Å². The van der Waals surface area contributed by atoms with Crippen LogP contribution in [-0.2, 0) is 11.0 Å². The smallest absolute Gasteiger partial charge is 0.352 e. The zero-order valence-corrected chi connectivity index (χ0v) is 14.3. The minimum atomic E-state index is -4.49. The van der Waals surface area contributed by atoms with Gasteiger partial charge in [0.25, 0.3) is 0 Å². The highest BCUT2D eigenvalue weighted by Crippen LogP contribution is 2.37. The standard InChI is InChI=1S/C16H19ClF3NOS/c1-10-4-2-3-5-14(10)21-15(22)9-23-11-6-7-13(17)12(8-11)16(18,19)20/h6-8,10,14H,2-5,9H2,1H3,(H,21,22)/t10-,14+/m0/s1. The van der Waals surface area contributed by atoms with Crippen LogP contribution in [0.3, 0.4) is 0 Å². The van der Waals surface area contributed by atoms with Crippen LogP contribution < -0.4 is 5.32 Å². The van der Waals surface area contributed by atoms with Crippen molar-refractivity contribution in [3.8, 4) is 0 Å². The fraction of sp³-hybridized carbons (Fsp3) is 0.562. The monoisotopic (exact) mass is 365 g/mol. The van der Waals surface area contributed by atoms with E-state index in [2.05, 4.69) is 12.2 Å². The predicted molar refractivity (Wildman–Crippen MR) is 86.7 cm³/mol. The molecule has 1 aromatic carbocycles. The number of nitrogens with one attached hydrogen (secondary N) is 1. The zero-order valence-electron chi connectivity index (χ0n) is 12.8. The average molecular weight is 366 g/mol. The fourth-order valence-electron chi connectivity index (χ4n) is 2.74. The zero-order chi connectivity index (χ0) is 17.0. The van der Waals surface area contributed by atoms with Crippen LogP contribution in [0, 0.1) is 5.92 Å². The van der Waals surface area contributed by atoms with Gasteiger partial charge in [-0.1, -0.05) is 31.4 Å². The molecule has 1 N–H and O–H groups in total. The van der Waals surface area contributed by atoms with E-state index >= 15 is 0 Å². The number of carbonyl (C=O) groups excluding carboxylic acids is 1. The molecule has 1 fully saturated rings. The second kappa shape index (κ2) is 7.79. The molecule has 0 saturated heterocycles. The predicted octanol–water partition coefficient (Wildman–Crippen LogP) is 5.15. The Hall–Kier alpha value is -0.880. The molecule has 0 heterocycles. The van der Waals surface area contributed by atoms with Crippen LogP contribution in [0.5, 0.6) is 0 Å². The number of carbonyl (C=O) groups is 1. The van der Waals surface area contributed by atoms with Crippen LogP contribution in [0.15, 0.2) is 23.1 Å². The molecule has 2 nitrogen and oxygen atoms in total. The normalized spacial score (nSPS) is 22.0. The summed E-state index contributed by atoms with van der Waals surface area (Å²) in [6.45, 7) is 2.12. The number of hydrogen-bond acceptors (Lipinski definition) is 2. The Bertz CT molecular complexity index is 565. The third-order valence-corrected chi connectivity index (χ3v) is 5.39. The summed E-state index contributed by atoms with van der Waals surface area (Å²) in [6, 6.07) is 3.88. The number of thioether (sulfide) groups is 1. The molecule has 0 unspecified atom stereocenters. The summed E-state index contributed by atoms with van der Waals surface area (Å²) in [7, 11) is 0. The fourth-order valence-corrected chi connectivity index (χ4v) is 3.71. The summed E-state index contributed by atoms with van der Waals surface area (Å²) in [5.74, 6) is 0.407. The van der Waals surface area contributed by atoms with Gasteiger partial charge in [0.05, 0.1) is 16.3 Å². The van der Waals surface area contributed by atoms with Crippen LogP contribution >= 0.6 is 23.4 Å². The van der Waals surface area contributed by atoms with Gasteiger partial charge < -0.3 is 5.32 Å². The molecular formula is C16H19ClF3NOS. The number of halogens is 4. The lowest BCUT2D eigenvalue weighted by Crippen LogP contribution is -2.41. The maximum Gasteiger partial charge on any atom is 0.417 e. The molecule has 0 radical (unpaired) electrons. The van der Waals surface area contributed by atoms with Gasteiger partial charge in [-0.05, 0) is 37.0 Å². The van der Waals surface area contributed by atoms with Gasteiger partial charge in [-0.2, -0.15) is 13.2 Å². The van der Waals surface area contributed by atoms with E-state index in [0.717, 1.165) is 37.1 Å². The van der Waals surface area contributed by atoms with Crippen LogP contribution in [0.2, 0.25) is 5.02 Å². The van der Waals surface area contributed by atoms with Crippen molar-refractivity contribution < 1.29 is 18.0 Å². The number of rotatable bonds is 4. The number of benzene rings is 1. The van der Waals surface area contributed by atoms with Crippen molar-refractivity contribution in [3.63, 3.8) is 0 Å². The first-order chi connectivity index (χ1) is 10.8. The Balaban J connectivity index is 1.91. The minimum Gasteiger partial charge on any atom is -0.352 e. The lowest BCUT2D eigenvalue weighted by atomic mass is 9.86. The van der Waals surface area contributed by atoms with E-state index < -0.39 is 11.7 Å². The third kappa shape index (κ3) is 5.31. The molecule has 0 aromatic heterocycles. The van der Waals surface area contributed by atoms with Crippen LogP contribution in [0.25, 0.3) is 0 Å². The summed E-state index contributed by atoms with van der Waals surface area (Å²) in [6.07, 6.45) is -0.129. The highest BCUT2D eigenvalue weighted by atomic mass is 35.5. The van der Waals surface area contributed by atoms with E-state index in [0.29, 0.717) is 10.8 Å². The summed E-state index contributed by atoms with van der Waals surface area (Å²) in [5.41, 5.74) is -0.870. The Kier molecular flexibility index (Phi) is 6.26. The highest BCUT2D eigenvalue weighted by Gasteiger charge is 2.33. The third-order valence-electron chi connectivity index (χ3n) is 4.07. The minimum absolute atomic E-state index is 0.0994. The van der Waals surface area contributed by atoms with Crippen LogP contribution in [0.1, 0.15) is 38.2 Å². The van der Waals surface area contributed by atoms with Crippen LogP contribution in [-0.4, -0.2) is 17.7 Å². The molecule has 0 bridgehead atoms. The van der Waals surface area contributed by atoms with Crippen molar-refractivity contribution in [2.24, 2.45) is 5.92 Å². The van der Waals surface area contributed by atoms with Gasteiger partial charge in [-0.25, -0.2) is 0 Å². The van der Waals surface area contributed by atoms with Gasteiger partial charge in [-0.15, -0.1) is 11.8 Å². The first-order valence-electron chi connectivity index (χ1n) is 7.56. The molecular weight excluding hydrogens is 347 g/mol. The lowest BCUT2D eigenvalue weighted by molar-refractivity contribution is -0.137. The first kappa shape index (κ1) is 18.5. The molecule has 1 aliphatic rings. The Morgan fingerprint density at radius 2 is 2.04 bits per heavy atom. The molecule has 128 valence electrons. The number of hydrogen-bond donors (Lipinski definition) is 1. The van der Waals surface area contributed by atoms with Crippen molar-refractivity contribution in [1.82, 2.24) is 5.32 Å². The summed E-state index contributed by atoms with van der Waals surface area (Å²) in [5, 5.41) is 2.66. The molecule has 0 aliphatic heterocycles. The van der Waals surface area contributed by atoms with Gasteiger partial charge in [0, 0.05) is 10.9 Å². The van der Waals surface area contributed by atoms with Crippen molar-refractivity contribution in [1.29, 1.82) is 0 Å². The molecule has 1 aromatic rings. The lowest BCUT2D eigenvalue weighted by Gasteiger charge is -2.29. The second-order valence-corrected chi connectivity index (χ2v) is 7.32. The molecule has 0 spiro atoms. The summed E-state index contributed by atoms with van der Waals surface area (Å²) < 4.78 is 38.4. The van der Waals surface area contributed by atoms with Gasteiger partial charge in [0.15, 0.2) is 0 Å². The maximum absolute atomic E-state index is 12.8. The SMILES string of the molecule is C[C@H]1CCCC[C@H]1NC(=O)CSc1ccc(Cl)c(C(F)(F)F)c1. The van der Waals surface area contributed by atoms with Gasteiger partial charge >= 0.3 is 6.18 Å². The first-order valence-corrected chi connectivity index (χ1v) is 8.92. The Morgan fingerprint density at radius 3 is 2.70 bits per heavy atom. The maximum atomic E-state index is 12.8. The molecule has 2 rings (SSSR count). The van der Waals surface area contributed by atoms with Gasteiger partial charge in [-0.3, -0.25) is 4.79 Å². The average Bonchev–Trinajstić information content (AvgIpc) is 2.47. The van der Waals surface area contributed by atoms with E-state index in [4.69, 9.17) is 11.6 Å². The second-order valence-electron chi connectivity index (χ2n) is 5.86. The Labute approximate surface area is 143 Å². The summed E-state index contributed by atoms with van der Waals surface area (Å²) >= 11 is 6.67. The summed E-state index contributed by atoms with van der Waals surface area (Å²) in [4.78, 5) is 12.4.